The van der Waals surface area contributed by atoms with Crippen LogP contribution < -0.4 is 16.0 Å². The number of benzene rings is 1. The van der Waals surface area contributed by atoms with E-state index in [9.17, 15) is 9.90 Å². The molecular formula is C18H28N4O2. The minimum Gasteiger partial charge on any atom is -0.393 e. The minimum absolute atomic E-state index is 0.0911. The van der Waals surface area contributed by atoms with Crippen LogP contribution in [-0.2, 0) is 6.54 Å². The fourth-order valence-electron chi connectivity index (χ4n) is 2.86. The van der Waals surface area contributed by atoms with E-state index in [1.807, 2.05) is 25.1 Å². The molecule has 1 aliphatic rings. The summed E-state index contributed by atoms with van der Waals surface area (Å²) in [6.07, 6.45) is 3.43. The quantitative estimate of drug-likeness (QED) is 0.485. The molecule has 4 N–H and O–H groups in total. The third-order valence-electron chi connectivity index (χ3n) is 4.22. The average molecular weight is 332 g/mol. The smallest absolute Gasteiger partial charge is 0.251 e. The van der Waals surface area contributed by atoms with Gasteiger partial charge in [-0.3, -0.25) is 4.79 Å². The number of amides is 1. The molecule has 0 spiro atoms. The number of aliphatic hydroxyl groups excluding tert-OH is 1. The Kier molecular flexibility index (Phi) is 7.06. The van der Waals surface area contributed by atoms with Gasteiger partial charge < -0.3 is 21.1 Å². The van der Waals surface area contributed by atoms with Gasteiger partial charge in [0.25, 0.3) is 5.91 Å². The van der Waals surface area contributed by atoms with Crippen molar-refractivity contribution in [3.63, 3.8) is 0 Å². The summed E-state index contributed by atoms with van der Waals surface area (Å²) in [7, 11) is 1.63. The first kappa shape index (κ1) is 18.3. The molecular weight excluding hydrogens is 304 g/mol. The van der Waals surface area contributed by atoms with E-state index in [1.54, 1.807) is 13.1 Å². The van der Waals surface area contributed by atoms with Gasteiger partial charge in [-0.25, -0.2) is 4.99 Å². The Morgan fingerprint density at radius 3 is 2.71 bits per heavy atom. The standard InChI is InChI=1S/C18H28N4O2/c1-3-20-18(22-15-7-9-16(23)10-8-15)21-12-13-5-4-6-14(11-13)17(24)19-2/h4-6,11,15-16,23H,3,7-10,12H2,1-2H3,(H,19,24)(H2,20,21,22). The number of hydrogen-bond donors (Lipinski definition) is 4. The lowest BCUT2D eigenvalue weighted by atomic mass is 9.93. The monoisotopic (exact) mass is 332 g/mol. The summed E-state index contributed by atoms with van der Waals surface area (Å²) in [5.74, 6) is 0.691. The normalized spacial score (nSPS) is 21.2. The highest BCUT2D eigenvalue weighted by Gasteiger charge is 2.19. The molecule has 24 heavy (non-hydrogen) atoms. The second-order valence-electron chi connectivity index (χ2n) is 6.12. The number of carbonyl (C=O) groups is 1. The van der Waals surface area contributed by atoms with E-state index in [4.69, 9.17) is 0 Å². The van der Waals surface area contributed by atoms with Crippen molar-refractivity contribution in [2.75, 3.05) is 13.6 Å². The highest BCUT2D eigenvalue weighted by atomic mass is 16.3. The largest absolute Gasteiger partial charge is 0.393 e. The van der Waals surface area contributed by atoms with Gasteiger partial charge in [-0.15, -0.1) is 0 Å². The first-order chi connectivity index (χ1) is 11.6. The van der Waals surface area contributed by atoms with Gasteiger partial charge in [-0.05, 0) is 50.3 Å². The number of carbonyl (C=O) groups excluding carboxylic acids is 1. The maximum Gasteiger partial charge on any atom is 0.251 e. The van der Waals surface area contributed by atoms with Gasteiger partial charge in [0.15, 0.2) is 5.96 Å². The van der Waals surface area contributed by atoms with Crippen molar-refractivity contribution >= 4 is 11.9 Å². The van der Waals surface area contributed by atoms with Crippen molar-refractivity contribution in [2.45, 2.75) is 51.3 Å². The molecule has 0 aliphatic heterocycles. The topological polar surface area (TPSA) is 85.8 Å². The number of aliphatic hydroxyl groups is 1. The maximum atomic E-state index is 11.7. The molecule has 1 saturated carbocycles. The molecule has 132 valence electrons. The van der Waals surface area contributed by atoms with Gasteiger partial charge in [0.05, 0.1) is 12.6 Å². The van der Waals surface area contributed by atoms with E-state index >= 15 is 0 Å². The summed E-state index contributed by atoms with van der Waals surface area (Å²) in [5.41, 5.74) is 1.64. The van der Waals surface area contributed by atoms with E-state index in [1.165, 1.54) is 0 Å². The summed E-state index contributed by atoms with van der Waals surface area (Å²) in [4.78, 5) is 16.3. The van der Waals surface area contributed by atoms with Crippen LogP contribution in [0.15, 0.2) is 29.3 Å². The molecule has 0 heterocycles. The number of aliphatic imine (C=N–C) groups is 1. The summed E-state index contributed by atoms with van der Waals surface area (Å²) in [5, 5.41) is 18.9. The van der Waals surface area contributed by atoms with Crippen molar-refractivity contribution in [3.8, 4) is 0 Å². The number of nitrogens with one attached hydrogen (secondary N) is 3. The zero-order chi connectivity index (χ0) is 17.4. The second kappa shape index (κ2) is 9.27. The molecule has 0 saturated heterocycles. The number of guanidine groups is 1. The van der Waals surface area contributed by atoms with Crippen LogP contribution >= 0.6 is 0 Å². The van der Waals surface area contributed by atoms with E-state index in [0.717, 1.165) is 43.8 Å². The van der Waals surface area contributed by atoms with E-state index in [2.05, 4.69) is 20.9 Å². The van der Waals surface area contributed by atoms with Crippen LogP contribution in [0.1, 0.15) is 48.5 Å². The predicted molar refractivity (Wildman–Crippen MR) is 96.0 cm³/mol. The van der Waals surface area contributed by atoms with Crippen LogP contribution in [0.3, 0.4) is 0 Å². The molecule has 6 heteroatoms. The molecule has 1 aromatic carbocycles. The molecule has 2 rings (SSSR count). The fourth-order valence-corrected chi connectivity index (χ4v) is 2.86. The van der Waals surface area contributed by atoms with Gasteiger partial charge >= 0.3 is 0 Å². The lowest BCUT2D eigenvalue weighted by Crippen LogP contribution is -2.45. The summed E-state index contributed by atoms with van der Waals surface area (Å²) < 4.78 is 0. The number of nitrogens with zero attached hydrogens (tertiary/aromatic N) is 1. The Morgan fingerprint density at radius 1 is 1.29 bits per heavy atom. The third kappa shape index (κ3) is 5.53. The molecule has 0 unspecified atom stereocenters. The van der Waals surface area contributed by atoms with Gasteiger partial charge in [0, 0.05) is 25.2 Å². The third-order valence-corrected chi connectivity index (χ3v) is 4.22. The summed E-state index contributed by atoms with van der Waals surface area (Å²) >= 11 is 0. The molecule has 0 radical (unpaired) electrons. The second-order valence-corrected chi connectivity index (χ2v) is 6.12. The lowest BCUT2D eigenvalue weighted by Gasteiger charge is -2.27. The molecule has 0 aromatic heterocycles. The van der Waals surface area contributed by atoms with Crippen molar-refractivity contribution in [1.82, 2.24) is 16.0 Å². The highest BCUT2D eigenvalue weighted by Crippen LogP contribution is 2.18. The van der Waals surface area contributed by atoms with Crippen LogP contribution in [0.2, 0.25) is 0 Å². The Balaban J connectivity index is 1.98. The van der Waals surface area contributed by atoms with Gasteiger partial charge in [-0.1, -0.05) is 12.1 Å². The Labute approximate surface area is 143 Å². The van der Waals surface area contributed by atoms with Crippen molar-refractivity contribution in [1.29, 1.82) is 0 Å². The van der Waals surface area contributed by atoms with Gasteiger partial charge in [0.1, 0.15) is 0 Å². The van der Waals surface area contributed by atoms with Crippen LogP contribution in [0.25, 0.3) is 0 Å². The zero-order valence-corrected chi connectivity index (χ0v) is 14.5. The molecule has 6 nitrogen and oxygen atoms in total. The summed E-state index contributed by atoms with van der Waals surface area (Å²) in [6.45, 7) is 3.34. The van der Waals surface area contributed by atoms with Crippen LogP contribution in [0, 0.1) is 0 Å². The van der Waals surface area contributed by atoms with Crippen molar-refractivity contribution in [2.24, 2.45) is 4.99 Å². The van der Waals surface area contributed by atoms with Gasteiger partial charge in [-0.2, -0.15) is 0 Å². The first-order valence-electron chi connectivity index (χ1n) is 8.66. The van der Waals surface area contributed by atoms with Crippen molar-refractivity contribution < 1.29 is 9.90 Å². The Hall–Kier alpha value is -2.08. The van der Waals surface area contributed by atoms with E-state index in [0.29, 0.717) is 18.2 Å². The van der Waals surface area contributed by atoms with Crippen LogP contribution in [-0.4, -0.2) is 42.7 Å². The SMILES string of the molecule is CCNC(=NCc1cccc(C(=O)NC)c1)NC1CCC(O)CC1. The van der Waals surface area contributed by atoms with E-state index < -0.39 is 0 Å². The molecule has 0 atom stereocenters. The van der Waals surface area contributed by atoms with Gasteiger partial charge in [0.2, 0.25) is 0 Å². The fraction of sp³-hybridized carbons (Fsp3) is 0.556. The molecule has 1 aromatic rings. The average Bonchev–Trinajstić information content (AvgIpc) is 2.61. The van der Waals surface area contributed by atoms with Crippen LogP contribution in [0.5, 0.6) is 0 Å². The van der Waals surface area contributed by atoms with E-state index in [-0.39, 0.29) is 12.0 Å². The molecule has 1 fully saturated rings. The maximum absolute atomic E-state index is 11.7. The molecule has 1 amide bonds. The predicted octanol–water partition coefficient (Wildman–Crippen LogP) is 1.40. The zero-order valence-electron chi connectivity index (χ0n) is 14.5. The Morgan fingerprint density at radius 2 is 2.04 bits per heavy atom. The molecule has 0 bridgehead atoms. The Bertz CT molecular complexity index is 566. The number of hydrogen-bond acceptors (Lipinski definition) is 3. The minimum atomic E-state index is -0.157. The van der Waals surface area contributed by atoms with Crippen molar-refractivity contribution in [3.05, 3.63) is 35.4 Å². The lowest BCUT2D eigenvalue weighted by molar-refractivity contribution is 0.0963. The first-order valence-corrected chi connectivity index (χ1v) is 8.66. The summed E-state index contributed by atoms with van der Waals surface area (Å²) in [6, 6.07) is 7.85. The highest BCUT2D eigenvalue weighted by molar-refractivity contribution is 5.94. The number of rotatable bonds is 5. The van der Waals surface area contributed by atoms with Crippen LogP contribution in [0.4, 0.5) is 0 Å². The molecule has 1 aliphatic carbocycles.